The van der Waals surface area contributed by atoms with Crippen LogP contribution < -0.4 is 10.0 Å². The van der Waals surface area contributed by atoms with Crippen LogP contribution >= 0.6 is 15.9 Å². The van der Waals surface area contributed by atoms with E-state index in [1.165, 1.54) is 0 Å². The molecule has 2 atom stereocenters. The van der Waals surface area contributed by atoms with Crippen LogP contribution in [0.15, 0.2) is 82.2 Å². The Bertz CT molecular complexity index is 1100. The highest BCUT2D eigenvalue weighted by atomic mass is 79.9. The predicted molar refractivity (Wildman–Crippen MR) is 116 cm³/mol. The molecule has 0 spiro atoms. The molecule has 1 aliphatic carbocycles. The van der Waals surface area contributed by atoms with Crippen molar-refractivity contribution in [1.82, 2.24) is 4.72 Å². The van der Waals surface area contributed by atoms with Gasteiger partial charge in [-0.2, -0.15) is 0 Å². The Morgan fingerprint density at radius 3 is 2.43 bits per heavy atom. The molecule has 4 rings (SSSR count). The van der Waals surface area contributed by atoms with Gasteiger partial charge in [-0.1, -0.05) is 58.4 Å². The Hall–Kier alpha value is -2.15. The van der Waals surface area contributed by atoms with E-state index in [1.807, 2.05) is 37.3 Å². The first-order valence-electron chi connectivity index (χ1n) is 9.12. The summed E-state index contributed by atoms with van der Waals surface area (Å²) in [6, 6.07) is 22.3. The van der Waals surface area contributed by atoms with Gasteiger partial charge in [0.15, 0.2) is 0 Å². The van der Waals surface area contributed by atoms with E-state index in [0.717, 1.165) is 26.9 Å². The number of hydrogen-bond donors (Lipinski definition) is 2. The van der Waals surface area contributed by atoms with Crippen molar-refractivity contribution < 1.29 is 8.42 Å². The lowest BCUT2D eigenvalue weighted by Gasteiger charge is -2.24. The standard InChI is InChI=1S/C22H21BrN2O2S/c1-15-13-17(11-12-20(15)23)24-22-19-10-6-5-7-16(19)14-21(22)25-28(26,27)18-8-3-2-4-9-18/h2-13,21-22,24-25H,14H2,1H3/t21-,22+/m0/s1. The van der Waals surface area contributed by atoms with Crippen molar-refractivity contribution in [2.75, 3.05) is 5.32 Å². The summed E-state index contributed by atoms with van der Waals surface area (Å²) in [5.41, 5.74) is 4.38. The minimum Gasteiger partial charge on any atom is -0.377 e. The van der Waals surface area contributed by atoms with E-state index in [0.29, 0.717) is 6.42 Å². The largest absolute Gasteiger partial charge is 0.377 e. The van der Waals surface area contributed by atoms with Gasteiger partial charge in [0.05, 0.1) is 17.0 Å². The van der Waals surface area contributed by atoms with Crippen LogP contribution in [0.5, 0.6) is 0 Å². The highest BCUT2D eigenvalue weighted by Crippen LogP contribution is 2.35. The lowest BCUT2D eigenvalue weighted by atomic mass is 10.1. The minimum absolute atomic E-state index is 0.143. The van der Waals surface area contributed by atoms with E-state index in [9.17, 15) is 8.42 Å². The maximum absolute atomic E-state index is 12.9. The van der Waals surface area contributed by atoms with Crippen molar-refractivity contribution in [3.63, 3.8) is 0 Å². The van der Waals surface area contributed by atoms with Crippen LogP contribution in [0.25, 0.3) is 0 Å². The molecule has 0 bridgehead atoms. The summed E-state index contributed by atoms with van der Waals surface area (Å²) in [6.45, 7) is 2.04. The van der Waals surface area contributed by atoms with Gasteiger partial charge in [-0.3, -0.25) is 0 Å². The number of nitrogens with one attached hydrogen (secondary N) is 2. The predicted octanol–water partition coefficient (Wildman–Crippen LogP) is 4.81. The summed E-state index contributed by atoms with van der Waals surface area (Å²) < 4.78 is 29.7. The molecule has 0 heterocycles. The molecule has 2 N–H and O–H groups in total. The van der Waals surface area contributed by atoms with E-state index in [1.54, 1.807) is 24.3 Å². The molecule has 3 aromatic rings. The molecule has 0 saturated carbocycles. The van der Waals surface area contributed by atoms with Crippen LogP contribution in [-0.4, -0.2) is 14.5 Å². The zero-order valence-corrected chi connectivity index (χ0v) is 17.8. The number of anilines is 1. The van der Waals surface area contributed by atoms with E-state index >= 15 is 0 Å². The summed E-state index contributed by atoms with van der Waals surface area (Å²) >= 11 is 3.53. The van der Waals surface area contributed by atoms with Crippen molar-refractivity contribution in [1.29, 1.82) is 0 Å². The Morgan fingerprint density at radius 1 is 0.964 bits per heavy atom. The molecule has 144 valence electrons. The number of halogens is 1. The SMILES string of the molecule is Cc1cc(N[C@@H]2c3ccccc3C[C@@H]2NS(=O)(=O)c2ccccc2)ccc1Br. The number of aryl methyl sites for hydroxylation is 1. The second kappa shape index (κ2) is 7.70. The van der Waals surface area contributed by atoms with Gasteiger partial charge in [-0.15, -0.1) is 0 Å². The molecule has 0 saturated heterocycles. The van der Waals surface area contributed by atoms with E-state index in [4.69, 9.17) is 0 Å². The average molecular weight is 457 g/mol. The quantitative estimate of drug-likeness (QED) is 0.578. The number of rotatable bonds is 5. The van der Waals surface area contributed by atoms with Gasteiger partial charge in [0.2, 0.25) is 10.0 Å². The number of hydrogen-bond acceptors (Lipinski definition) is 3. The fourth-order valence-electron chi connectivity index (χ4n) is 3.66. The summed E-state index contributed by atoms with van der Waals surface area (Å²) in [4.78, 5) is 0.282. The van der Waals surface area contributed by atoms with Gasteiger partial charge in [0.25, 0.3) is 0 Å². The molecule has 1 aliphatic rings. The van der Waals surface area contributed by atoms with Crippen molar-refractivity contribution in [3.05, 3.63) is 94.0 Å². The highest BCUT2D eigenvalue weighted by molar-refractivity contribution is 9.10. The Balaban J connectivity index is 1.65. The second-order valence-electron chi connectivity index (χ2n) is 7.03. The second-order valence-corrected chi connectivity index (χ2v) is 9.60. The molecule has 28 heavy (non-hydrogen) atoms. The van der Waals surface area contributed by atoms with E-state index < -0.39 is 10.0 Å². The van der Waals surface area contributed by atoms with Gasteiger partial charge < -0.3 is 5.32 Å². The monoisotopic (exact) mass is 456 g/mol. The van der Waals surface area contributed by atoms with Crippen LogP contribution in [-0.2, 0) is 16.4 Å². The molecular formula is C22H21BrN2O2S. The Labute approximate surface area is 174 Å². The molecule has 0 unspecified atom stereocenters. The third-order valence-corrected chi connectivity index (χ3v) is 7.47. The van der Waals surface area contributed by atoms with Crippen LogP contribution in [0, 0.1) is 6.92 Å². The number of benzene rings is 3. The first kappa shape index (κ1) is 19.2. The van der Waals surface area contributed by atoms with Gasteiger partial charge in [0, 0.05) is 10.2 Å². The number of sulfonamides is 1. The third-order valence-electron chi connectivity index (χ3n) is 5.07. The molecule has 4 nitrogen and oxygen atoms in total. The Kier molecular flexibility index (Phi) is 5.27. The van der Waals surface area contributed by atoms with Gasteiger partial charge in [-0.05, 0) is 60.4 Å². The van der Waals surface area contributed by atoms with Gasteiger partial charge in [-0.25, -0.2) is 13.1 Å². The fraction of sp³-hybridized carbons (Fsp3) is 0.182. The van der Waals surface area contributed by atoms with E-state index in [2.05, 4.69) is 44.2 Å². The number of fused-ring (bicyclic) bond motifs is 1. The molecule has 0 radical (unpaired) electrons. The topological polar surface area (TPSA) is 58.2 Å². The molecule has 0 fully saturated rings. The average Bonchev–Trinajstić information content (AvgIpc) is 3.02. The molecular weight excluding hydrogens is 436 g/mol. The van der Waals surface area contributed by atoms with Gasteiger partial charge in [0.1, 0.15) is 0 Å². The molecule has 6 heteroatoms. The molecule has 0 aliphatic heterocycles. The lowest BCUT2D eigenvalue weighted by molar-refractivity contribution is 0.529. The molecule has 0 amide bonds. The third kappa shape index (κ3) is 3.85. The van der Waals surface area contributed by atoms with Crippen LogP contribution in [0.3, 0.4) is 0 Å². The van der Waals surface area contributed by atoms with Gasteiger partial charge >= 0.3 is 0 Å². The normalized spacial score (nSPS) is 18.6. The van der Waals surface area contributed by atoms with Crippen molar-refractivity contribution in [3.8, 4) is 0 Å². The fourth-order valence-corrected chi connectivity index (χ4v) is 5.18. The smallest absolute Gasteiger partial charge is 0.240 e. The summed E-state index contributed by atoms with van der Waals surface area (Å²) in [5.74, 6) is 0. The molecule has 3 aromatic carbocycles. The summed E-state index contributed by atoms with van der Waals surface area (Å²) in [7, 11) is -3.60. The summed E-state index contributed by atoms with van der Waals surface area (Å²) in [5, 5.41) is 3.54. The Morgan fingerprint density at radius 2 is 1.68 bits per heavy atom. The van der Waals surface area contributed by atoms with Crippen LogP contribution in [0.4, 0.5) is 5.69 Å². The maximum Gasteiger partial charge on any atom is 0.240 e. The van der Waals surface area contributed by atoms with Crippen molar-refractivity contribution in [2.24, 2.45) is 0 Å². The minimum atomic E-state index is -3.60. The first-order chi connectivity index (χ1) is 13.4. The lowest BCUT2D eigenvalue weighted by Crippen LogP contribution is -2.40. The van der Waals surface area contributed by atoms with Crippen LogP contribution in [0.2, 0.25) is 0 Å². The van der Waals surface area contributed by atoms with E-state index in [-0.39, 0.29) is 17.0 Å². The highest BCUT2D eigenvalue weighted by Gasteiger charge is 2.35. The van der Waals surface area contributed by atoms with Crippen molar-refractivity contribution in [2.45, 2.75) is 30.3 Å². The zero-order chi connectivity index (χ0) is 19.7. The first-order valence-corrected chi connectivity index (χ1v) is 11.4. The zero-order valence-electron chi connectivity index (χ0n) is 15.4. The summed E-state index contributed by atoms with van der Waals surface area (Å²) in [6.07, 6.45) is 0.648. The van der Waals surface area contributed by atoms with Crippen molar-refractivity contribution >= 4 is 31.6 Å². The van der Waals surface area contributed by atoms with Crippen LogP contribution in [0.1, 0.15) is 22.7 Å². The molecule has 0 aromatic heterocycles. The maximum atomic E-state index is 12.9.